The Bertz CT molecular complexity index is 793. The Kier molecular flexibility index (Phi) is 5.08. The van der Waals surface area contributed by atoms with E-state index in [0.717, 1.165) is 24.3 Å². The standard InChI is InChI=1S/C16H20N4O3S/c1-2-13-3-5-16(6-4-13)24(21,22)17-9-7-14-11-20(19-18-14)15-8-10-23-12-15/h2-6,11,15,17H,1,7-10,12H2. The summed E-state index contributed by atoms with van der Waals surface area (Å²) in [4.78, 5) is 0.236. The summed E-state index contributed by atoms with van der Waals surface area (Å²) >= 11 is 0. The summed E-state index contributed by atoms with van der Waals surface area (Å²) in [5.41, 5.74) is 1.63. The number of rotatable bonds is 7. The van der Waals surface area contributed by atoms with E-state index in [2.05, 4.69) is 21.6 Å². The fraction of sp³-hybridized carbons (Fsp3) is 0.375. The number of aromatic nitrogens is 3. The molecule has 0 radical (unpaired) electrons. The molecule has 1 saturated heterocycles. The Balaban J connectivity index is 1.55. The number of nitrogens with one attached hydrogen (secondary N) is 1. The molecule has 1 atom stereocenters. The second-order valence-corrected chi connectivity index (χ2v) is 7.40. The third kappa shape index (κ3) is 3.89. The number of ether oxygens (including phenoxy) is 1. The van der Waals surface area contributed by atoms with Crippen LogP contribution in [0.1, 0.15) is 23.7 Å². The molecule has 0 spiro atoms. The van der Waals surface area contributed by atoms with Crippen LogP contribution >= 0.6 is 0 Å². The van der Waals surface area contributed by atoms with E-state index in [1.54, 1.807) is 35.0 Å². The molecule has 0 amide bonds. The van der Waals surface area contributed by atoms with Crippen LogP contribution in [-0.4, -0.2) is 43.2 Å². The second-order valence-electron chi connectivity index (χ2n) is 5.63. The maximum absolute atomic E-state index is 12.2. The van der Waals surface area contributed by atoms with Gasteiger partial charge in [-0.2, -0.15) is 0 Å². The summed E-state index contributed by atoms with van der Waals surface area (Å²) in [5, 5.41) is 8.18. The lowest BCUT2D eigenvalue weighted by atomic mass is 10.2. The number of benzene rings is 1. The summed E-state index contributed by atoms with van der Waals surface area (Å²) in [5.74, 6) is 0. The zero-order chi connectivity index (χ0) is 17.0. The number of sulfonamides is 1. The van der Waals surface area contributed by atoms with Gasteiger partial charge in [0, 0.05) is 25.8 Å². The van der Waals surface area contributed by atoms with Gasteiger partial charge < -0.3 is 4.74 Å². The van der Waals surface area contributed by atoms with E-state index in [9.17, 15) is 8.42 Å². The Morgan fingerprint density at radius 3 is 2.83 bits per heavy atom. The van der Waals surface area contributed by atoms with Crippen LogP contribution < -0.4 is 4.72 Å². The molecule has 3 rings (SSSR count). The lowest BCUT2D eigenvalue weighted by Crippen LogP contribution is -2.26. The summed E-state index contributed by atoms with van der Waals surface area (Å²) in [7, 11) is -3.52. The maximum Gasteiger partial charge on any atom is 0.240 e. The SMILES string of the molecule is C=Cc1ccc(S(=O)(=O)NCCc2cn(C3CCOC3)nn2)cc1. The molecule has 24 heavy (non-hydrogen) atoms. The first kappa shape index (κ1) is 16.8. The van der Waals surface area contributed by atoms with E-state index in [1.807, 2.05) is 6.20 Å². The van der Waals surface area contributed by atoms with Gasteiger partial charge in [0.1, 0.15) is 0 Å². The molecule has 2 aromatic rings. The van der Waals surface area contributed by atoms with Gasteiger partial charge in [0.05, 0.1) is 23.2 Å². The normalized spacial score (nSPS) is 17.9. The van der Waals surface area contributed by atoms with Crippen molar-refractivity contribution in [1.29, 1.82) is 0 Å². The number of hydrogen-bond acceptors (Lipinski definition) is 5. The molecular formula is C16H20N4O3S. The average Bonchev–Trinajstić information content (AvgIpc) is 3.26. The third-order valence-corrected chi connectivity index (χ3v) is 5.41. The first-order valence-corrected chi connectivity index (χ1v) is 9.27. The molecule has 1 aliphatic rings. The molecule has 0 saturated carbocycles. The van der Waals surface area contributed by atoms with Crippen molar-refractivity contribution in [2.75, 3.05) is 19.8 Å². The highest BCUT2D eigenvalue weighted by atomic mass is 32.2. The van der Waals surface area contributed by atoms with Crippen LogP contribution in [0.3, 0.4) is 0 Å². The van der Waals surface area contributed by atoms with E-state index in [1.165, 1.54) is 0 Å². The molecular weight excluding hydrogens is 328 g/mol. The Labute approximate surface area is 141 Å². The zero-order valence-corrected chi connectivity index (χ0v) is 14.1. The lowest BCUT2D eigenvalue weighted by Gasteiger charge is -2.06. The quantitative estimate of drug-likeness (QED) is 0.817. The predicted molar refractivity (Wildman–Crippen MR) is 89.9 cm³/mol. The van der Waals surface area contributed by atoms with E-state index < -0.39 is 10.0 Å². The van der Waals surface area contributed by atoms with Gasteiger partial charge in [0.15, 0.2) is 0 Å². The summed E-state index contributed by atoms with van der Waals surface area (Å²) in [6.07, 6.45) is 4.93. The van der Waals surface area contributed by atoms with E-state index in [0.29, 0.717) is 13.0 Å². The van der Waals surface area contributed by atoms with Crippen LogP contribution in [0.15, 0.2) is 41.9 Å². The van der Waals surface area contributed by atoms with Gasteiger partial charge in [-0.15, -0.1) is 5.10 Å². The minimum absolute atomic E-state index is 0.228. The summed E-state index contributed by atoms with van der Waals surface area (Å²) in [6.45, 7) is 5.31. The first-order valence-electron chi connectivity index (χ1n) is 7.79. The largest absolute Gasteiger partial charge is 0.379 e. The molecule has 8 heteroatoms. The van der Waals surface area contributed by atoms with Crippen LogP contribution in [0, 0.1) is 0 Å². The molecule has 1 N–H and O–H groups in total. The van der Waals surface area contributed by atoms with Gasteiger partial charge in [-0.3, -0.25) is 0 Å². The number of nitrogens with zero attached hydrogens (tertiary/aromatic N) is 3. The van der Waals surface area contributed by atoms with Gasteiger partial charge >= 0.3 is 0 Å². The minimum Gasteiger partial charge on any atom is -0.379 e. The predicted octanol–water partition coefficient (Wildman–Crippen LogP) is 1.40. The zero-order valence-electron chi connectivity index (χ0n) is 13.3. The number of hydrogen-bond donors (Lipinski definition) is 1. The third-order valence-electron chi connectivity index (χ3n) is 3.94. The second kappa shape index (κ2) is 7.25. The average molecular weight is 348 g/mol. The van der Waals surface area contributed by atoms with Gasteiger partial charge in [-0.05, 0) is 24.1 Å². The monoisotopic (exact) mass is 348 g/mol. The van der Waals surface area contributed by atoms with Gasteiger partial charge in [0.2, 0.25) is 10.0 Å². The van der Waals surface area contributed by atoms with Crippen molar-refractivity contribution in [3.63, 3.8) is 0 Å². The van der Waals surface area contributed by atoms with Gasteiger partial charge in [0.25, 0.3) is 0 Å². The Hall–Kier alpha value is -2.03. The molecule has 1 aromatic heterocycles. The maximum atomic E-state index is 12.2. The molecule has 2 heterocycles. The molecule has 1 fully saturated rings. The van der Waals surface area contributed by atoms with Gasteiger partial charge in [-0.25, -0.2) is 17.8 Å². The van der Waals surface area contributed by atoms with Crippen molar-refractivity contribution in [2.24, 2.45) is 0 Å². The fourth-order valence-corrected chi connectivity index (χ4v) is 3.55. The highest BCUT2D eigenvalue weighted by molar-refractivity contribution is 7.89. The fourth-order valence-electron chi connectivity index (χ4n) is 2.52. The van der Waals surface area contributed by atoms with E-state index in [4.69, 9.17) is 4.74 Å². The molecule has 0 aliphatic carbocycles. The minimum atomic E-state index is -3.52. The molecule has 0 bridgehead atoms. The van der Waals surface area contributed by atoms with Crippen molar-refractivity contribution in [2.45, 2.75) is 23.8 Å². The smallest absolute Gasteiger partial charge is 0.240 e. The van der Waals surface area contributed by atoms with Crippen molar-refractivity contribution >= 4 is 16.1 Å². The van der Waals surface area contributed by atoms with Crippen LogP contribution in [0.5, 0.6) is 0 Å². The van der Waals surface area contributed by atoms with Crippen LogP contribution in [-0.2, 0) is 21.2 Å². The first-order chi connectivity index (χ1) is 11.6. The summed E-state index contributed by atoms with van der Waals surface area (Å²) < 4.78 is 34.2. The van der Waals surface area contributed by atoms with Gasteiger partial charge in [-0.1, -0.05) is 30.0 Å². The Morgan fingerprint density at radius 1 is 1.38 bits per heavy atom. The lowest BCUT2D eigenvalue weighted by molar-refractivity contribution is 0.184. The van der Waals surface area contributed by atoms with Crippen LogP contribution in [0.2, 0.25) is 0 Å². The molecule has 1 aliphatic heterocycles. The topological polar surface area (TPSA) is 86.1 Å². The summed E-state index contributed by atoms with van der Waals surface area (Å²) in [6, 6.07) is 6.80. The van der Waals surface area contributed by atoms with Crippen LogP contribution in [0.4, 0.5) is 0 Å². The molecule has 1 unspecified atom stereocenters. The highest BCUT2D eigenvalue weighted by Crippen LogP contribution is 2.17. The molecule has 7 nitrogen and oxygen atoms in total. The highest BCUT2D eigenvalue weighted by Gasteiger charge is 2.19. The van der Waals surface area contributed by atoms with Crippen molar-refractivity contribution in [1.82, 2.24) is 19.7 Å². The van der Waals surface area contributed by atoms with Crippen molar-refractivity contribution < 1.29 is 13.2 Å². The molecule has 1 aromatic carbocycles. The van der Waals surface area contributed by atoms with Crippen LogP contribution in [0.25, 0.3) is 6.08 Å². The van der Waals surface area contributed by atoms with E-state index >= 15 is 0 Å². The molecule has 128 valence electrons. The van der Waals surface area contributed by atoms with E-state index in [-0.39, 0.29) is 17.5 Å². The van der Waals surface area contributed by atoms with Crippen molar-refractivity contribution in [3.05, 3.63) is 48.3 Å². The van der Waals surface area contributed by atoms with Crippen molar-refractivity contribution in [3.8, 4) is 0 Å². The Morgan fingerprint density at radius 2 is 2.17 bits per heavy atom.